The average molecular weight is 352 g/mol. The van der Waals surface area contributed by atoms with Gasteiger partial charge in [-0.25, -0.2) is 4.39 Å². The fourth-order valence-corrected chi connectivity index (χ4v) is 2.79. The quantitative estimate of drug-likeness (QED) is 0.785. The first-order valence-electron chi connectivity index (χ1n) is 6.76. The van der Waals surface area contributed by atoms with Gasteiger partial charge in [-0.3, -0.25) is 4.98 Å². The highest BCUT2D eigenvalue weighted by molar-refractivity contribution is 9.08. The van der Waals surface area contributed by atoms with Crippen molar-refractivity contribution in [3.8, 4) is 11.5 Å². The van der Waals surface area contributed by atoms with E-state index in [1.807, 2.05) is 19.1 Å². The first-order valence-corrected chi connectivity index (χ1v) is 7.88. The summed E-state index contributed by atoms with van der Waals surface area (Å²) in [5, 5.41) is 0.640. The van der Waals surface area contributed by atoms with E-state index in [-0.39, 0.29) is 11.9 Å². The molecule has 0 aliphatic carbocycles. The van der Waals surface area contributed by atoms with Crippen LogP contribution in [0.25, 0.3) is 0 Å². The van der Waals surface area contributed by atoms with Crippen molar-refractivity contribution in [2.75, 3.05) is 6.61 Å². The van der Waals surface area contributed by atoms with Crippen molar-refractivity contribution in [1.29, 1.82) is 0 Å². The van der Waals surface area contributed by atoms with Crippen LogP contribution in [0.2, 0.25) is 0 Å². The minimum Gasteiger partial charge on any atom is -0.488 e. The second kappa shape index (κ2) is 6.02. The molecule has 1 atom stereocenters. The molecule has 0 saturated carbocycles. The zero-order chi connectivity index (χ0) is 14.8. The minimum absolute atomic E-state index is 0.0914. The maximum atomic E-state index is 13.2. The van der Waals surface area contributed by atoms with Crippen LogP contribution < -0.4 is 9.47 Å². The first kappa shape index (κ1) is 14.3. The van der Waals surface area contributed by atoms with Crippen LogP contribution in [-0.2, 0) is 11.8 Å². The Bertz CT molecular complexity index is 663. The van der Waals surface area contributed by atoms with Gasteiger partial charge in [0.05, 0.1) is 5.69 Å². The van der Waals surface area contributed by atoms with Crippen molar-refractivity contribution in [3.05, 3.63) is 53.1 Å². The maximum Gasteiger partial charge on any atom is 0.141 e. The number of hydrogen-bond acceptors (Lipinski definition) is 3. The Kier molecular flexibility index (Phi) is 4.10. The zero-order valence-electron chi connectivity index (χ0n) is 11.6. The van der Waals surface area contributed by atoms with Crippen LogP contribution in [0.15, 0.2) is 30.3 Å². The van der Waals surface area contributed by atoms with Gasteiger partial charge in [-0.2, -0.15) is 0 Å². The lowest BCUT2D eigenvalue weighted by molar-refractivity contribution is 0.147. The summed E-state index contributed by atoms with van der Waals surface area (Å²) in [6.45, 7) is 2.36. The van der Waals surface area contributed by atoms with E-state index >= 15 is 0 Å². The van der Waals surface area contributed by atoms with Crippen LogP contribution in [0.3, 0.4) is 0 Å². The van der Waals surface area contributed by atoms with Crippen LogP contribution in [0.4, 0.5) is 4.39 Å². The number of aryl methyl sites for hydroxylation is 1. The number of hydrogen-bond donors (Lipinski definition) is 0. The van der Waals surface area contributed by atoms with E-state index in [4.69, 9.17) is 9.47 Å². The Morgan fingerprint density at radius 3 is 3.05 bits per heavy atom. The van der Waals surface area contributed by atoms with Gasteiger partial charge in [-0.15, -0.1) is 0 Å². The largest absolute Gasteiger partial charge is 0.488 e. The molecule has 110 valence electrons. The lowest BCUT2D eigenvalue weighted by atomic mass is 10.1. The number of rotatable bonds is 4. The SMILES string of the molecule is Cc1ccc(OCC2Cc3cc(F)ccc3O2)c(CBr)n1. The van der Waals surface area contributed by atoms with E-state index in [1.165, 1.54) is 12.1 Å². The fourth-order valence-electron chi connectivity index (χ4n) is 2.39. The molecule has 5 heteroatoms. The van der Waals surface area contributed by atoms with Crippen LogP contribution in [0, 0.1) is 12.7 Å². The molecule has 1 aliphatic heterocycles. The van der Waals surface area contributed by atoms with Crippen molar-refractivity contribution in [3.63, 3.8) is 0 Å². The molecule has 0 radical (unpaired) electrons. The standard InChI is InChI=1S/C16H15BrFNO2/c1-10-2-4-16(14(8-17)19-10)20-9-13-7-11-6-12(18)3-5-15(11)21-13/h2-6,13H,7-9H2,1H3. The molecule has 3 nitrogen and oxygen atoms in total. The number of pyridine rings is 1. The van der Waals surface area contributed by atoms with Crippen molar-refractivity contribution in [1.82, 2.24) is 4.98 Å². The fraction of sp³-hybridized carbons (Fsp3) is 0.312. The highest BCUT2D eigenvalue weighted by Crippen LogP contribution is 2.30. The van der Waals surface area contributed by atoms with Gasteiger partial charge in [0.15, 0.2) is 0 Å². The Labute approximate surface area is 131 Å². The normalized spacial score (nSPS) is 16.4. The third-order valence-corrected chi connectivity index (χ3v) is 3.92. The first-order chi connectivity index (χ1) is 10.2. The molecule has 1 aromatic carbocycles. The van der Waals surface area contributed by atoms with Crippen LogP contribution in [-0.4, -0.2) is 17.7 Å². The number of nitrogens with zero attached hydrogens (tertiary/aromatic N) is 1. The minimum atomic E-state index is -0.233. The molecule has 0 amide bonds. The topological polar surface area (TPSA) is 31.4 Å². The van der Waals surface area contributed by atoms with Crippen LogP contribution in [0.1, 0.15) is 17.0 Å². The summed E-state index contributed by atoms with van der Waals surface area (Å²) in [4.78, 5) is 4.43. The van der Waals surface area contributed by atoms with E-state index in [9.17, 15) is 4.39 Å². The summed E-state index contributed by atoms with van der Waals surface area (Å²) in [6, 6.07) is 8.44. The van der Waals surface area contributed by atoms with Crippen LogP contribution >= 0.6 is 15.9 Å². The molecule has 2 aromatic rings. The lowest BCUT2D eigenvalue weighted by Gasteiger charge is -2.14. The van der Waals surface area contributed by atoms with Gasteiger partial charge in [0.1, 0.15) is 30.0 Å². The molecular formula is C16H15BrFNO2. The van der Waals surface area contributed by atoms with E-state index < -0.39 is 0 Å². The van der Waals surface area contributed by atoms with Crippen molar-refractivity contribution in [2.24, 2.45) is 0 Å². The molecule has 2 heterocycles. The summed E-state index contributed by atoms with van der Waals surface area (Å²) in [6.07, 6.45) is 0.571. The van der Waals surface area contributed by atoms with E-state index in [0.29, 0.717) is 18.4 Å². The molecule has 1 aromatic heterocycles. The molecule has 0 spiro atoms. The van der Waals surface area contributed by atoms with Gasteiger partial charge < -0.3 is 9.47 Å². The molecule has 1 aliphatic rings. The van der Waals surface area contributed by atoms with Gasteiger partial charge in [-0.1, -0.05) is 15.9 Å². The predicted octanol–water partition coefficient (Wildman–Crippen LogP) is 3.81. The molecule has 0 bridgehead atoms. The Balaban J connectivity index is 1.65. The monoisotopic (exact) mass is 351 g/mol. The number of ether oxygens (including phenoxy) is 2. The highest BCUT2D eigenvalue weighted by atomic mass is 79.9. The van der Waals surface area contributed by atoms with Gasteiger partial charge in [0.2, 0.25) is 0 Å². The number of aromatic nitrogens is 1. The summed E-state index contributed by atoms with van der Waals surface area (Å²) < 4.78 is 24.8. The third-order valence-electron chi connectivity index (χ3n) is 3.39. The predicted molar refractivity (Wildman–Crippen MR) is 81.6 cm³/mol. The van der Waals surface area contributed by atoms with E-state index in [2.05, 4.69) is 20.9 Å². The molecule has 0 saturated heterocycles. The smallest absolute Gasteiger partial charge is 0.141 e. The Hall–Kier alpha value is -1.62. The Morgan fingerprint density at radius 2 is 2.24 bits per heavy atom. The average Bonchev–Trinajstić information content (AvgIpc) is 2.87. The van der Waals surface area contributed by atoms with Crippen molar-refractivity contribution in [2.45, 2.75) is 24.8 Å². The Morgan fingerprint density at radius 1 is 1.38 bits per heavy atom. The highest BCUT2D eigenvalue weighted by Gasteiger charge is 2.24. The molecular weight excluding hydrogens is 337 g/mol. The van der Waals surface area contributed by atoms with Gasteiger partial charge in [0.25, 0.3) is 0 Å². The third kappa shape index (κ3) is 3.18. The van der Waals surface area contributed by atoms with Gasteiger partial charge in [0, 0.05) is 23.0 Å². The molecule has 3 rings (SSSR count). The number of fused-ring (bicyclic) bond motifs is 1. The summed E-state index contributed by atoms with van der Waals surface area (Å²) in [7, 11) is 0. The van der Waals surface area contributed by atoms with Crippen molar-refractivity contribution < 1.29 is 13.9 Å². The van der Waals surface area contributed by atoms with E-state index in [0.717, 1.165) is 28.5 Å². The second-order valence-corrected chi connectivity index (χ2v) is 5.60. The number of alkyl halides is 1. The number of halogens is 2. The maximum absolute atomic E-state index is 13.2. The van der Waals surface area contributed by atoms with Crippen molar-refractivity contribution >= 4 is 15.9 Å². The number of benzene rings is 1. The second-order valence-electron chi connectivity index (χ2n) is 5.04. The van der Waals surface area contributed by atoms with Gasteiger partial charge >= 0.3 is 0 Å². The molecule has 21 heavy (non-hydrogen) atoms. The summed E-state index contributed by atoms with van der Waals surface area (Å²) >= 11 is 3.41. The zero-order valence-corrected chi connectivity index (χ0v) is 13.2. The summed E-state index contributed by atoms with van der Waals surface area (Å²) in [5.41, 5.74) is 2.72. The van der Waals surface area contributed by atoms with Crippen LogP contribution in [0.5, 0.6) is 11.5 Å². The molecule has 0 fully saturated rings. The lowest BCUT2D eigenvalue weighted by Crippen LogP contribution is -2.22. The molecule has 0 N–H and O–H groups in total. The molecule has 1 unspecified atom stereocenters. The summed E-state index contributed by atoms with van der Waals surface area (Å²) in [5.74, 6) is 1.26. The van der Waals surface area contributed by atoms with E-state index in [1.54, 1.807) is 6.07 Å². The van der Waals surface area contributed by atoms with Gasteiger partial charge in [-0.05, 0) is 37.3 Å².